The molecule has 3 aromatic rings. The van der Waals surface area contributed by atoms with Crippen LogP contribution in [-0.2, 0) is 26.2 Å². The van der Waals surface area contributed by atoms with Gasteiger partial charge in [-0.25, -0.2) is 8.42 Å². The molecule has 8 nitrogen and oxygen atoms in total. The van der Waals surface area contributed by atoms with Gasteiger partial charge in [-0.15, -0.1) is 0 Å². The van der Waals surface area contributed by atoms with Gasteiger partial charge in [0.1, 0.15) is 18.3 Å². The molecule has 11 heteroatoms. The second-order valence-corrected chi connectivity index (χ2v) is 12.4. The monoisotopic (exact) mass is 633 g/mol. The average Bonchev–Trinajstić information content (AvgIpc) is 2.97. The molecule has 0 saturated heterocycles. The summed E-state index contributed by atoms with van der Waals surface area (Å²) in [6.07, 6.45) is 1.01. The maximum Gasteiger partial charge on any atom is 0.264 e. The van der Waals surface area contributed by atoms with Crippen molar-refractivity contribution >= 4 is 50.7 Å². The second kappa shape index (κ2) is 15.3. The summed E-state index contributed by atoms with van der Waals surface area (Å²) >= 11 is 12.5. The smallest absolute Gasteiger partial charge is 0.264 e. The summed E-state index contributed by atoms with van der Waals surface area (Å²) in [7, 11) is -4.28. The first-order valence-electron chi connectivity index (χ1n) is 13.9. The topological polar surface area (TPSA) is 96.0 Å². The average molecular weight is 635 g/mol. The van der Waals surface area contributed by atoms with E-state index < -0.39 is 28.5 Å². The highest BCUT2D eigenvalue weighted by molar-refractivity contribution is 7.92. The van der Waals surface area contributed by atoms with Crippen LogP contribution in [0.15, 0.2) is 77.7 Å². The molecule has 0 aliphatic heterocycles. The second-order valence-electron chi connectivity index (χ2n) is 9.72. The number of halogens is 2. The Morgan fingerprint density at radius 3 is 2.17 bits per heavy atom. The van der Waals surface area contributed by atoms with E-state index in [9.17, 15) is 18.0 Å². The minimum Gasteiger partial charge on any atom is -0.492 e. The standard InChI is InChI=1S/C31H37Cl2N3O5S/c1-5-22(4)34-31(38)27(6-2)35(20-23-12-8-9-13-26(23)33)30(37)21-36(28-14-10-11-15-29(28)41-7-3)42(39,40)25-18-16-24(32)17-19-25/h8-19,22,27H,5-7,20-21H2,1-4H3,(H,34,38)/t22-,27-/m1/s1. The summed E-state index contributed by atoms with van der Waals surface area (Å²) < 4.78 is 34.9. The van der Waals surface area contributed by atoms with Crippen LogP contribution in [0.2, 0.25) is 10.0 Å². The fourth-order valence-corrected chi connectivity index (χ4v) is 6.10. The van der Waals surface area contributed by atoms with Crippen LogP contribution in [0.1, 0.15) is 46.1 Å². The molecule has 3 aromatic carbocycles. The highest BCUT2D eigenvalue weighted by Gasteiger charge is 2.35. The number of amides is 2. The van der Waals surface area contributed by atoms with Crippen LogP contribution < -0.4 is 14.4 Å². The van der Waals surface area contributed by atoms with Crippen LogP contribution in [0, 0.1) is 0 Å². The zero-order valence-corrected chi connectivity index (χ0v) is 26.5. The molecule has 226 valence electrons. The zero-order chi connectivity index (χ0) is 30.9. The molecule has 0 aliphatic carbocycles. The fraction of sp³-hybridized carbons (Fsp3) is 0.355. The third-order valence-electron chi connectivity index (χ3n) is 6.80. The first-order chi connectivity index (χ1) is 20.0. The molecular formula is C31H37Cl2N3O5S. The van der Waals surface area contributed by atoms with Gasteiger partial charge in [-0.2, -0.15) is 0 Å². The Morgan fingerprint density at radius 1 is 0.905 bits per heavy atom. The molecule has 0 aliphatic rings. The number of nitrogens with zero attached hydrogens (tertiary/aromatic N) is 2. The van der Waals surface area contributed by atoms with Crippen molar-refractivity contribution in [3.05, 3.63) is 88.4 Å². The van der Waals surface area contributed by atoms with E-state index in [4.69, 9.17) is 27.9 Å². The highest BCUT2D eigenvalue weighted by atomic mass is 35.5. The van der Waals surface area contributed by atoms with Crippen LogP contribution in [0.4, 0.5) is 5.69 Å². The van der Waals surface area contributed by atoms with Gasteiger partial charge in [0.2, 0.25) is 11.8 Å². The number of ether oxygens (including phenoxy) is 1. The Morgan fingerprint density at radius 2 is 1.55 bits per heavy atom. The van der Waals surface area contributed by atoms with E-state index in [-0.39, 0.29) is 35.7 Å². The van der Waals surface area contributed by atoms with Gasteiger partial charge in [-0.1, -0.05) is 67.4 Å². The normalized spacial score (nSPS) is 12.7. The van der Waals surface area contributed by atoms with Crippen molar-refractivity contribution in [2.75, 3.05) is 17.5 Å². The van der Waals surface area contributed by atoms with Gasteiger partial charge in [-0.05, 0) is 74.7 Å². The predicted octanol–water partition coefficient (Wildman–Crippen LogP) is 6.31. The number of carbonyl (C=O) groups excluding carboxylic acids is 2. The molecule has 0 radical (unpaired) electrons. The Balaban J connectivity index is 2.12. The SMILES string of the molecule is CCOc1ccccc1N(CC(=O)N(Cc1ccccc1Cl)[C@H](CC)C(=O)N[C@H](C)CC)S(=O)(=O)c1ccc(Cl)cc1. The van der Waals surface area contributed by atoms with Crippen molar-refractivity contribution in [1.82, 2.24) is 10.2 Å². The lowest BCUT2D eigenvalue weighted by molar-refractivity contribution is -0.140. The number of rotatable bonds is 14. The molecule has 1 N–H and O–H groups in total. The lowest BCUT2D eigenvalue weighted by Gasteiger charge is -2.34. The number of hydrogen-bond acceptors (Lipinski definition) is 5. The van der Waals surface area contributed by atoms with Gasteiger partial charge < -0.3 is 15.0 Å². The molecular weight excluding hydrogens is 597 g/mol. The minimum absolute atomic E-state index is 0.00682. The van der Waals surface area contributed by atoms with Crippen LogP contribution in [0.3, 0.4) is 0 Å². The lowest BCUT2D eigenvalue weighted by atomic mass is 10.1. The summed E-state index contributed by atoms with van der Waals surface area (Å²) in [6.45, 7) is 7.13. The molecule has 0 aromatic heterocycles. The summed E-state index contributed by atoms with van der Waals surface area (Å²) in [5.41, 5.74) is 0.821. The van der Waals surface area contributed by atoms with E-state index in [1.165, 1.54) is 29.2 Å². The van der Waals surface area contributed by atoms with Crippen molar-refractivity contribution in [3.63, 3.8) is 0 Å². The fourth-order valence-electron chi connectivity index (χ4n) is 4.36. The van der Waals surface area contributed by atoms with Gasteiger partial charge in [0.15, 0.2) is 0 Å². The minimum atomic E-state index is -4.28. The van der Waals surface area contributed by atoms with E-state index in [1.807, 2.05) is 13.8 Å². The van der Waals surface area contributed by atoms with Gasteiger partial charge in [0, 0.05) is 22.6 Å². The molecule has 0 unspecified atom stereocenters. The largest absolute Gasteiger partial charge is 0.492 e. The van der Waals surface area contributed by atoms with Crippen molar-refractivity contribution in [3.8, 4) is 5.75 Å². The Bertz CT molecular complexity index is 1470. The summed E-state index contributed by atoms with van der Waals surface area (Å²) in [4.78, 5) is 29.0. The predicted molar refractivity (Wildman–Crippen MR) is 168 cm³/mol. The number of carbonyl (C=O) groups is 2. The Kier molecular flexibility index (Phi) is 12.1. The van der Waals surface area contributed by atoms with E-state index in [2.05, 4.69) is 5.32 Å². The van der Waals surface area contributed by atoms with Gasteiger partial charge in [-0.3, -0.25) is 13.9 Å². The molecule has 3 rings (SSSR count). The Hall–Kier alpha value is -3.27. The van der Waals surface area contributed by atoms with Crippen LogP contribution >= 0.6 is 23.2 Å². The number of benzene rings is 3. The molecule has 0 saturated carbocycles. The van der Waals surface area contributed by atoms with E-state index in [0.717, 1.165) is 4.31 Å². The third kappa shape index (κ3) is 8.18. The maximum absolute atomic E-state index is 14.2. The summed E-state index contributed by atoms with van der Waals surface area (Å²) in [6, 6.07) is 18.4. The van der Waals surface area contributed by atoms with Gasteiger partial charge in [0.05, 0.1) is 17.2 Å². The number of nitrogens with one attached hydrogen (secondary N) is 1. The van der Waals surface area contributed by atoms with Crippen LogP contribution in [0.25, 0.3) is 0 Å². The molecule has 0 bridgehead atoms. The molecule has 0 heterocycles. The third-order valence-corrected chi connectivity index (χ3v) is 9.19. The van der Waals surface area contributed by atoms with Crippen molar-refractivity contribution < 1.29 is 22.7 Å². The molecule has 2 atom stereocenters. The van der Waals surface area contributed by atoms with Crippen molar-refractivity contribution in [2.45, 2.75) is 64.1 Å². The number of hydrogen-bond donors (Lipinski definition) is 1. The van der Waals surface area contributed by atoms with E-state index in [0.29, 0.717) is 34.2 Å². The number of sulfonamides is 1. The molecule has 0 fully saturated rings. The van der Waals surface area contributed by atoms with Crippen molar-refractivity contribution in [2.24, 2.45) is 0 Å². The van der Waals surface area contributed by atoms with Gasteiger partial charge in [0.25, 0.3) is 10.0 Å². The molecule has 0 spiro atoms. The molecule has 42 heavy (non-hydrogen) atoms. The molecule has 2 amide bonds. The quantitative estimate of drug-likeness (QED) is 0.224. The van der Waals surface area contributed by atoms with E-state index >= 15 is 0 Å². The lowest BCUT2D eigenvalue weighted by Crippen LogP contribution is -2.53. The summed E-state index contributed by atoms with van der Waals surface area (Å²) in [5.74, 6) is -0.608. The zero-order valence-electron chi connectivity index (χ0n) is 24.2. The summed E-state index contributed by atoms with van der Waals surface area (Å²) in [5, 5.41) is 3.76. The van der Waals surface area contributed by atoms with E-state index in [1.54, 1.807) is 62.4 Å². The number of anilines is 1. The maximum atomic E-state index is 14.2. The Labute approximate surface area is 258 Å². The first-order valence-corrected chi connectivity index (χ1v) is 16.1. The first kappa shape index (κ1) is 33.2. The van der Waals surface area contributed by atoms with Crippen LogP contribution in [0.5, 0.6) is 5.75 Å². The van der Waals surface area contributed by atoms with Gasteiger partial charge >= 0.3 is 0 Å². The van der Waals surface area contributed by atoms with Crippen molar-refractivity contribution in [1.29, 1.82) is 0 Å². The number of para-hydroxylation sites is 2. The highest BCUT2D eigenvalue weighted by Crippen LogP contribution is 2.33. The van der Waals surface area contributed by atoms with Crippen LogP contribution in [-0.4, -0.2) is 50.4 Å².